The summed E-state index contributed by atoms with van der Waals surface area (Å²) in [5, 5.41) is 24.9. The first-order valence-electron chi connectivity index (χ1n) is 21.8. The van der Waals surface area contributed by atoms with Gasteiger partial charge in [0.25, 0.3) is 0 Å². The van der Waals surface area contributed by atoms with Crippen molar-refractivity contribution < 1.29 is 0 Å². The number of nitrogens with zero attached hydrogens (tertiary/aromatic N) is 5. The second-order valence-corrected chi connectivity index (χ2v) is 16.1. The highest BCUT2D eigenvalue weighted by molar-refractivity contribution is 6.14. The lowest BCUT2D eigenvalue weighted by molar-refractivity contribution is 1.07. The van der Waals surface area contributed by atoms with Crippen LogP contribution in [-0.4, -0.2) is 15.0 Å². The fourth-order valence-corrected chi connectivity index (χ4v) is 9.09. The molecular weight excluding hydrogens is 803 g/mol. The van der Waals surface area contributed by atoms with E-state index in [2.05, 4.69) is 140 Å². The highest BCUT2D eigenvalue weighted by Crippen LogP contribution is 2.42. The van der Waals surface area contributed by atoms with Crippen LogP contribution in [0, 0.1) is 22.7 Å². The Morgan fingerprint density at radius 3 is 1.59 bits per heavy atom. The third kappa shape index (κ3) is 7.33. The van der Waals surface area contributed by atoms with Gasteiger partial charge in [0, 0.05) is 22.3 Å². The van der Waals surface area contributed by atoms with Gasteiger partial charge in [-0.05, 0) is 95.9 Å². The molecule has 5 heteroatoms. The lowest BCUT2D eigenvalue weighted by atomic mass is 9.86. The minimum Gasteiger partial charge on any atom is -0.208 e. The van der Waals surface area contributed by atoms with Gasteiger partial charge < -0.3 is 0 Å². The summed E-state index contributed by atoms with van der Waals surface area (Å²) in [5.41, 5.74) is 13.8. The fourth-order valence-electron chi connectivity index (χ4n) is 9.09. The maximum Gasteiger partial charge on any atom is 0.164 e. The first-order chi connectivity index (χ1) is 32.6. The van der Waals surface area contributed by atoms with Crippen molar-refractivity contribution in [2.45, 2.75) is 0 Å². The minimum absolute atomic E-state index is 0.541. The van der Waals surface area contributed by atoms with Crippen molar-refractivity contribution in [3.8, 4) is 102 Å². The van der Waals surface area contributed by atoms with Crippen LogP contribution in [0.4, 0.5) is 0 Å². The van der Waals surface area contributed by atoms with Crippen LogP contribution in [0.3, 0.4) is 0 Å². The molecule has 5 nitrogen and oxygen atoms in total. The van der Waals surface area contributed by atoms with Crippen molar-refractivity contribution in [2.75, 3.05) is 0 Å². The van der Waals surface area contributed by atoms with Gasteiger partial charge in [-0.1, -0.05) is 200 Å². The molecular formula is C61H37N5. The SMILES string of the molecule is N#Cc1ccc(-c2ccccc2-c2nc(-c3ccccc3)nc(-c3cccc(-c4ccccc4-c4cccc(C#N)c4-c4ccc(-c5cccc6ccc7ccccc7c56)cc4)c3)n2)cc1. The van der Waals surface area contributed by atoms with Crippen molar-refractivity contribution in [1.29, 1.82) is 10.5 Å². The third-order valence-corrected chi connectivity index (χ3v) is 12.2. The quantitative estimate of drug-likeness (QED) is 0.142. The average molecular weight is 840 g/mol. The number of hydrogen-bond donors (Lipinski definition) is 0. The maximum atomic E-state index is 10.6. The van der Waals surface area contributed by atoms with E-state index in [1.807, 2.05) is 97.1 Å². The Morgan fingerprint density at radius 2 is 0.818 bits per heavy atom. The van der Waals surface area contributed by atoms with E-state index in [1.165, 1.54) is 27.1 Å². The van der Waals surface area contributed by atoms with Gasteiger partial charge in [-0.15, -0.1) is 0 Å². The van der Waals surface area contributed by atoms with Gasteiger partial charge in [-0.2, -0.15) is 10.5 Å². The van der Waals surface area contributed by atoms with Crippen LogP contribution >= 0.6 is 0 Å². The van der Waals surface area contributed by atoms with Crippen LogP contribution in [-0.2, 0) is 0 Å². The topological polar surface area (TPSA) is 86.2 Å². The molecule has 11 rings (SSSR count). The summed E-state index contributed by atoms with van der Waals surface area (Å²) in [7, 11) is 0. The van der Waals surface area contributed by atoms with Gasteiger partial charge >= 0.3 is 0 Å². The number of benzene rings is 10. The molecule has 306 valence electrons. The fraction of sp³-hybridized carbons (Fsp3) is 0. The molecule has 0 bridgehead atoms. The zero-order valence-corrected chi connectivity index (χ0v) is 35.6. The molecule has 0 fully saturated rings. The number of rotatable bonds is 8. The first-order valence-corrected chi connectivity index (χ1v) is 21.8. The van der Waals surface area contributed by atoms with E-state index in [-0.39, 0.29) is 0 Å². The summed E-state index contributed by atoms with van der Waals surface area (Å²) in [6.45, 7) is 0. The zero-order chi connectivity index (χ0) is 44.4. The highest BCUT2D eigenvalue weighted by Gasteiger charge is 2.19. The van der Waals surface area contributed by atoms with Crippen LogP contribution in [0.1, 0.15) is 11.1 Å². The summed E-state index contributed by atoms with van der Waals surface area (Å²) < 4.78 is 0. The number of nitriles is 2. The lowest BCUT2D eigenvalue weighted by Crippen LogP contribution is -2.01. The van der Waals surface area contributed by atoms with Gasteiger partial charge in [0.2, 0.25) is 0 Å². The Kier molecular flexibility index (Phi) is 10.3. The Morgan fingerprint density at radius 1 is 0.303 bits per heavy atom. The maximum absolute atomic E-state index is 10.6. The van der Waals surface area contributed by atoms with Gasteiger partial charge in [-0.25, -0.2) is 15.0 Å². The molecule has 0 amide bonds. The van der Waals surface area contributed by atoms with Crippen LogP contribution in [0.15, 0.2) is 224 Å². The van der Waals surface area contributed by atoms with Crippen molar-refractivity contribution in [3.63, 3.8) is 0 Å². The summed E-state index contributed by atoms with van der Waals surface area (Å²) in [4.78, 5) is 15.3. The molecule has 0 aliphatic heterocycles. The lowest BCUT2D eigenvalue weighted by Gasteiger charge is -2.17. The Labute approximate surface area is 382 Å². The predicted octanol–water partition coefficient (Wildman–Crippen LogP) is 15.3. The second-order valence-electron chi connectivity index (χ2n) is 16.1. The van der Waals surface area contributed by atoms with Gasteiger partial charge in [0.05, 0.1) is 23.3 Å². The molecule has 0 aliphatic rings. The van der Waals surface area contributed by atoms with E-state index in [0.717, 1.165) is 66.8 Å². The number of hydrogen-bond acceptors (Lipinski definition) is 5. The Balaban J connectivity index is 1.01. The largest absolute Gasteiger partial charge is 0.208 e. The van der Waals surface area contributed by atoms with Crippen molar-refractivity contribution in [2.24, 2.45) is 0 Å². The molecule has 0 spiro atoms. The molecule has 1 heterocycles. The van der Waals surface area contributed by atoms with Gasteiger partial charge in [0.15, 0.2) is 17.5 Å². The van der Waals surface area contributed by atoms with Crippen molar-refractivity contribution in [1.82, 2.24) is 15.0 Å². The first kappa shape index (κ1) is 39.5. The third-order valence-electron chi connectivity index (χ3n) is 12.2. The monoisotopic (exact) mass is 839 g/mol. The number of aromatic nitrogens is 3. The summed E-state index contributed by atoms with van der Waals surface area (Å²) in [6, 6.07) is 81.0. The Hall–Kier alpha value is -9.29. The molecule has 0 N–H and O–H groups in total. The van der Waals surface area contributed by atoms with E-state index < -0.39 is 0 Å². The van der Waals surface area contributed by atoms with E-state index in [9.17, 15) is 10.5 Å². The summed E-state index contributed by atoms with van der Waals surface area (Å²) in [5.74, 6) is 1.65. The van der Waals surface area contributed by atoms with Crippen LogP contribution in [0.5, 0.6) is 0 Å². The zero-order valence-electron chi connectivity index (χ0n) is 35.6. The molecule has 66 heavy (non-hydrogen) atoms. The van der Waals surface area contributed by atoms with E-state index in [4.69, 9.17) is 15.0 Å². The van der Waals surface area contributed by atoms with Gasteiger partial charge in [0.1, 0.15) is 0 Å². The Bertz CT molecular complexity index is 3710. The van der Waals surface area contributed by atoms with Crippen molar-refractivity contribution in [3.05, 3.63) is 236 Å². The van der Waals surface area contributed by atoms with E-state index in [0.29, 0.717) is 28.6 Å². The predicted molar refractivity (Wildman–Crippen MR) is 268 cm³/mol. The molecule has 0 unspecified atom stereocenters. The molecule has 11 aromatic rings. The minimum atomic E-state index is 0.541. The second kappa shape index (κ2) is 17.1. The van der Waals surface area contributed by atoms with Crippen molar-refractivity contribution >= 4 is 21.5 Å². The van der Waals surface area contributed by atoms with E-state index >= 15 is 0 Å². The smallest absolute Gasteiger partial charge is 0.164 e. The molecule has 0 aliphatic carbocycles. The molecule has 0 saturated heterocycles. The van der Waals surface area contributed by atoms with Crippen LogP contribution in [0.2, 0.25) is 0 Å². The summed E-state index contributed by atoms with van der Waals surface area (Å²) >= 11 is 0. The normalized spacial score (nSPS) is 11.0. The average Bonchev–Trinajstić information content (AvgIpc) is 3.40. The summed E-state index contributed by atoms with van der Waals surface area (Å²) in [6.07, 6.45) is 0. The molecule has 0 radical (unpaired) electrons. The standard InChI is InChI=1S/C61H37N5/c62-38-40-27-29-42(30-28-40)50-20-7-9-24-56(50)61-65-59(46-14-2-1-3-15-46)64-60(66-61)48-18-10-17-47(37-48)51-21-6-8-23-54(51)55-26-12-19-49(39-63)57(55)45-35-32-43(33-36-45)53-25-11-16-44-34-31-41-13-4-5-22-52(41)58(44)53/h1-37H. The molecule has 1 aromatic heterocycles. The van der Waals surface area contributed by atoms with E-state index in [1.54, 1.807) is 0 Å². The van der Waals surface area contributed by atoms with Crippen LogP contribution in [0.25, 0.3) is 111 Å². The number of fused-ring (bicyclic) bond motifs is 3. The molecule has 0 saturated carbocycles. The van der Waals surface area contributed by atoms with Crippen LogP contribution < -0.4 is 0 Å². The molecule has 10 aromatic carbocycles. The molecule has 0 atom stereocenters. The highest BCUT2D eigenvalue weighted by atomic mass is 15.0. The van der Waals surface area contributed by atoms with Gasteiger partial charge in [-0.3, -0.25) is 0 Å².